The van der Waals surface area contributed by atoms with Crippen LogP contribution in [0.25, 0.3) is 0 Å². The summed E-state index contributed by atoms with van der Waals surface area (Å²) in [6, 6.07) is 0. The van der Waals surface area contributed by atoms with Crippen molar-refractivity contribution < 1.29 is 4.79 Å². The number of nitrogens with one attached hydrogen (secondary N) is 1. The van der Waals surface area contributed by atoms with Crippen LogP contribution in [0.4, 0.5) is 0 Å². The highest BCUT2D eigenvalue weighted by Crippen LogP contribution is 2.12. The Balaban J connectivity index is 2.31. The van der Waals surface area contributed by atoms with Gasteiger partial charge in [-0.3, -0.25) is 4.79 Å². The average molecular weight is 148 g/mol. The molecule has 9 heavy (non-hydrogen) atoms. The van der Waals surface area contributed by atoms with Crippen LogP contribution in [0.5, 0.6) is 0 Å². The number of hydrogen-bond donors (Lipinski definition) is 1. The zero-order valence-corrected chi connectivity index (χ0v) is 5.95. The van der Waals surface area contributed by atoms with Gasteiger partial charge in [0.15, 0.2) is 0 Å². The number of carbonyl (C=O) groups excluding carboxylic acids is 1. The molecule has 0 aromatic rings. The van der Waals surface area contributed by atoms with E-state index >= 15 is 0 Å². The van der Waals surface area contributed by atoms with Crippen molar-refractivity contribution in [2.75, 3.05) is 13.1 Å². The third kappa shape index (κ3) is 1.95. The fraction of sp³-hybridized carbons (Fsp3) is 0.833. The molecule has 0 amide bonds. The molecule has 0 radical (unpaired) electrons. The van der Waals surface area contributed by atoms with E-state index in [0.717, 1.165) is 25.9 Å². The normalized spacial score (nSPS) is 27.9. The van der Waals surface area contributed by atoms with Gasteiger partial charge in [0.05, 0.1) is 0 Å². The van der Waals surface area contributed by atoms with E-state index in [4.69, 9.17) is 11.6 Å². The van der Waals surface area contributed by atoms with E-state index in [1.165, 1.54) is 0 Å². The van der Waals surface area contributed by atoms with Gasteiger partial charge in [0, 0.05) is 12.5 Å². The SMILES string of the molecule is O=C(Cl)C1CCCNC1. The molecule has 0 aromatic heterocycles. The number of piperidine rings is 1. The summed E-state index contributed by atoms with van der Waals surface area (Å²) in [6.45, 7) is 1.79. The van der Waals surface area contributed by atoms with Gasteiger partial charge in [-0.05, 0) is 31.0 Å². The molecular formula is C6H10ClNO. The molecule has 1 atom stereocenters. The Kier molecular flexibility index (Phi) is 2.49. The number of halogens is 1. The van der Waals surface area contributed by atoms with Crippen LogP contribution < -0.4 is 5.32 Å². The first-order valence-corrected chi connectivity index (χ1v) is 3.58. The first kappa shape index (κ1) is 7.03. The van der Waals surface area contributed by atoms with Crippen molar-refractivity contribution in [3.05, 3.63) is 0 Å². The lowest BCUT2D eigenvalue weighted by Crippen LogP contribution is -2.32. The van der Waals surface area contributed by atoms with Crippen LogP contribution in [0.15, 0.2) is 0 Å². The van der Waals surface area contributed by atoms with Gasteiger partial charge in [0.25, 0.3) is 0 Å². The van der Waals surface area contributed by atoms with Crippen LogP contribution in [0.3, 0.4) is 0 Å². The summed E-state index contributed by atoms with van der Waals surface area (Å²) in [5.74, 6) is 0.0698. The molecule has 1 aliphatic rings. The van der Waals surface area contributed by atoms with Gasteiger partial charge in [-0.2, -0.15) is 0 Å². The molecule has 3 heteroatoms. The Morgan fingerprint density at radius 1 is 1.67 bits per heavy atom. The van der Waals surface area contributed by atoms with Crippen LogP contribution in [-0.2, 0) is 4.79 Å². The third-order valence-corrected chi connectivity index (χ3v) is 1.93. The summed E-state index contributed by atoms with van der Waals surface area (Å²) in [5, 5.41) is 2.92. The molecule has 1 aliphatic heterocycles. The largest absolute Gasteiger partial charge is 0.316 e. The summed E-state index contributed by atoms with van der Waals surface area (Å²) in [6.07, 6.45) is 2.03. The van der Waals surface area contributed by atoms with Gasteiger partial charge in [-0.1, -0.05) is 0 Å². The van der Waals surface area contributed by atoms with Crippen molar-refractivity contribution in [1.82, 2.24) is 5.32 Å². The molecule has 0 saturated carbocycles. The van der Waals surface area contributed by atoms with Crippen molar-refractivity contribution in [3.8, 4) is 0 Å². The average Bonchev–Trinajstić information content (AvgIpc) is 1.90. The maximum Gasteiger partial charge on any atom is 0.225 e. The maximum absolute atomic E-state index is 10.5. The van der Waals surface area contributed by atoms with Crippen molar-refractivity contribution in [1.29, 1.82) is 0 Å². The van der Waals surface area contributed by atoms with Crippen molar-refractivity contribution >= 4 is 16.8 Å². The predicted molar refractivity (Wildman–Crippen MR) is 36.5 cm³/mol. The third-order valence-electron chi connectivity index (χ3n) is 1.62. The van der Waals surface area contributed by atoms with E-state index in [0.29, 0.717) is 0 Å². The van der Waals surface area contributed by atoms with E-state index in [9.17, 15) is 4.79 Å². The minimum absolute atomic E-state index is 0.0698. The van der Waals surface area contributed by atoms with Crippen LogP contribution in [0, 0.1) is 5.92 Å². The molecule has 1 rings (SSSR count). The van der Waals surface area contributed by atoms with E-state index in [1.807, 2.05) is 0 Å². The number of hydrogen-bond acceptors (Lipinski definition) is 2. The van der Waals surface area contributed by atoms with Gasteiger partial charge < -0.3 is 5.32 Å². The Hall–Kier alpha value is -0.0800. The summed E-state index contributed by atoms with van der Waals surface area (Å²) < 4.78 is 0. The van der Waals surface area contributed by atoms with E-state index in [2.05, 4.69) is 5.32 Å². The summed E-state index contributed by atoms with van der Waals surface area (Å²) in [4.78, 5) is 10.5. The molecule has 52 valence electrons. The second-order valence-corrected chi connectivity index (χ2v) is 2.72. The molecule has 1 N–H and O–H groups in total. The minimum atomic E-state index is -0.192. The molecule has 1 saturated heterocycles. The molecule has 2 nitrogen and oxygen atoms in total. The number of rotatable bonds is 1. The Morgan fingerprint density at radius 3 is 2.78 bits per heavy atom. The molecule has 1 fully saturated rings. The Morgan fingerprint density at radius 2 is 2.44 bits per heavy atom. The molecule has 0 spiro atoms. The van der Waals surface area contributed by atoms with E-state index < -0.39 is 0 Å². The molecular weight excluding hydrogens is 138 g/mol. The standard InChI is InChI=1S/C6H10ClNO/c7-6(9)5-2-1-3-8-4-5/h5,8H,1-4H2. The highest BCUT2D eigenvalue weighted by atomic mass is 35.5. The van der Waals surface area contributed by atoms with Crippen LogP contribution in [-0.4, -0.2) is 18.3 Å². The Labute approximate surface area is 59.6 Å². The molecule has 0 aromatic carbocycles. The molecule has 1 unspecified atom stereocenters. The van der Waals surface area contributed by atoms with Gasteiger partial charge >= 0.3 is 0 Å². The fourth-order valence-electron chi connectivity index (χ4n) is 1.05. The zero-order chi connectivity index (χ0) is 6.69. The molecule has 0 aliphatic carbocycles. The van der Waals surface area contributed by atoms with Gasteiger partial charge in [0.2, 0.25) is 5.24 Å². The quantitative estimate of drug-likeness (QED) is 0.555. The van der Waals surface area contributed by atoms with Gasteiger partial charge in [0.1, 0.15) is 0 Å². The van der Waals surface area contributed by atoms with Crippen molar-refractivity contribution in [2.24, 2.45) is 5.92 Å². The highest BCUT2D eigenvalue weighted by molar-refractivity contribution is 6.64. The second-order valence-electron chi connectivity index (χ2n) is 2.35. The van der Waals surface area contributed by atoms with Crippen molar-refractivity contribution in [2.45, 2.75) is 12.8 Å². The summed E-state index contributed by atoms with van der Waals surface area (Å²) >= 11 is 5.28. The zero-order valence-electron chi connectivity index (χ0n) is 5.19. The fourth-order valence-corrected chi connectivity index (χ4v) is 1.23. The number of carbonyl (C=O) groups is 1. The molecule has 1 heterocycles. The highest BCUT2D eigenvalue weighted by Gasteiger charge is 2.17. The summed E-state index contributed by atoms with van der Waals surface area (Å²) in [7, 11) is 0. The van der Waals surface area contributed by atoms with Crippen LogP contribution >= 0.6 is 11.6 Å². The smallest absolute Gasteiger partial charge is 0.225 e. The van der Waals surface area contributed by atoms with Gasteiger partial charge in [-0.15, -0.1) is 0 Å². The van der Waals surface area contributed by atoms with E-state index in [1.54, 1.807) is 0 Å². The van der Waals surface area contributed by atoms with E-state index in [-0.39, 0.29) is 11.2 Å². The monoisotopic (exact) mass is 147 g/mol. The lowest BCUT2D eigenvalue weighted by Gasteiger charge is -2.18. The van der Waals surface area contributed by atoms with Gasteiger partial charge in [-0.25, -0.2) is 0 Å². The molecule has 0 bridgehead atoms. The summed E-state index contributed by atoms with van der Waals surface area (Å²) in [5.41, 5.74) is 0. The second kappa shape index (κ2) is 3.18. The first-order chi connectivity index (χ1) is 4.30. The first-order valence-electron chi connectivity index (χ1n) is 3.21. The van der Waals surface area contributed by atoms with Crippen LogP contribution in [0.2, 0.25) is 0 Å². The maximum atomic E-state index is 10.5. The lowest BCUT2D eigenvalue weighted by atomic mass is 10.0. The van der Waals surface area contributed by atoms with Crippen LogP contribution in [0.1, 0.15) is 12.8 Å². The Bertz CT molecular complexity index is 110. The lowest BCUT2D eigenvalue weighted by molar-refractivity contribution is -0.115. The minimum Gasteiger partial charge on any atom is -0.316 e. The van der Waals surface area contributed by atoms with Crippen molar-refractivity contribution in [3.63, 3.8) is 0 Å². The topological polar surface area (TPSA) is 29.1 Å². The predicted octanol–water partition coefficient (Wildman–Crippen LogP) is 0.751.